The quantitative estimate of drug-likeness (QED) is 0.659. The van der Waals surface area contributed by atoms with Crippen molar-refractivity contribution in [3.05, 3.63) is 66.7 Å². The van der Waals surface area contributed by atoms with Gasteiger partial charge in [0.05, 0.1) is 13.2 Å². The topological polar surface area (TPSA) is 56.8 Å². The molecule has 3 rings (SSSR count). The predicted molar refractivity (Wildman–Crippen MR) is 106 cm³/mol. The van der Waals surface area contributed by atoms with Crippen molar-refractivity contribution in [1.82, 2.24) is 5.32 Å². The van der Waals surface area contributed by atoms with Crippen molar-refractivity contribution in [1.29, 1.82) is 0 Å². The first-order valence-corrected chi connectivity index (χ1v) is 8.82. The number of carbonyl (C=O) groups is 1. The van der Waals surface area contributed by atoms with Gasteiger partial charge in [-0.15, -0.1) is 0 Å². The molecular weight excluding hydrogens is 342 g/mol. The lowest BCUT2D eigenvalue weighted by Crippen LogP contribution is -2.39. The van der Waals surface area contributed by atoms with Crippen molar-refractivity contribution >= 4 is 16.7 Å². The highest BCUT2D eigenvalue weighted by molar-refractivity contribution is 5.88. The second-order valence-electron chi connectivity index (χ2n) is 6.22. The third-order valence-electron chi connectivity index (χ3n) is 4.08. The average Bonchev–Trinajstić information content (AvgIpc) is 2.71. The summed E-state index contributed by atoms with van der Waals surface area (Å²) in [5, 5.41) is 4.95. The Morgan fingerprint density at radius 2 is 1.63 bits per heavy atom. The molecule has 0 aromatic heterocycles. The van der Waals surface area contributed by atoms with Gasteiger partial charge < -0.3 is 19.5 Å². The molecule has 3 aromatic rings. The van der Waals surface area contributed by atoms with Crippen LogP contribution in [0.15, 0.2) is 66.7 Å². The summed E-state index contributed by atoms with van der Waals surface area (Å²) in [4.78, 5) is 12.1. The van der Waals surface area contributed by atoms with Crippen LogP contribution in [0.25, 0.3) is 10.8 Å². The fraction of sp³-hybridized carbons (Fsp3) is 0.227. The van der Waals surface area contributed by atoms with Crippen LogP contribution in [0, 0.1) is 0 Å². The molecule has 0 saturated carbocycles. The normalized spacial score (nSPS) is 11.6. The molecule has 0 aliphatic carbocycles. The Balaban J connectivity index is 1.46. The third-order valence-corrected chi connectivity index (χ3v) is 4.08. The van der Waals surface area contributed by atoms with Gasteiger partial charge in [-0.25, -0.2) is 0 Å². The van der Waals surface area contributed by atoms with Crippen LogP contribution >= 0.6 is 0 Å². The molecule has 27 heavy (non-hydrogen) atoms. The van der Waals surface area contributed by atoms with E-state index in [-0.39, 0.29) is 18.6 Å². The maximum absolute atomic E-state index is 12.1. The van der Waals surface area contributed by atoms with Crippen LogP contribution in [0.3, 0.4) is 0 Å². The van der Waals surface area contributed by atoms with E-state index in [4.69, 9.17) is 14.2 Å². The third kappa shape index (κ3) is 5.14. The molecule has 0 bridgehead atoms. The van der Waals surface area contributed by atoms with Crippen molar-refractivity contribution < 1.29 is 19.0 Å². The molecule has 1 atom stereocenters. The second-order valence-corrected chi connectivity index (χ2v) is 6.22. The van der Waals surface area contributed by atoms with Gasteiger partial charge in [0.15, 0.2) is 6.61 Å². The molecule has 1 amide bonds. The minimum Gasteiger partial charge on any atom is -0.497 e. The Labute approximate surface area is 158 Å². The largest absolute Gasteiger partial charge is 0.497 e. The molecule has 0 radical (unpaired) electrons. The van der Waals surface area contributed by atoms with Crippen LogP contribution in [0.4, 0.5) is 0 Å². The number of fused-ring (bicyclic) bond motifs is 1. The lowest BCUT2D eigenvalue weighted by atomic mass is 10.1. The van der Waals surface area contributed by atoms with Crippen molar-refractivity contribution in [3.63, 3.8) is 0 Å². The van der Waals surface area contributed by atoms with E-state index in [0.717, 1.165) is 22.3 Å². The van der Waals surface area contributed by atoms with Crippen molar-refractivity contribution in [2.24, 2.45) is 0 Å². The van der Waals surface area contributed by atoms with Crippen LogP contribution in [-0.4, -0.2) is 32.3 Å². The predicted octanol–water partition coefficient (Wildman–Crippen LogP) is 3.81. The summed E-state index contributed by atoms with van der Waals surface area (Å²) in [5.74, 6) is 2.01. The number of nitrogens with one attached hydrogen (secondary N) is 1. The average molecular weight is 365 g/mol. The molecule has 3 aromatic carbocycles. The maximum atomic E-state index is 12.1. The van der Waals surface area contributed by atoms with Crippen molar-refractivity contribution in [2.75, 3.05) is 20.3 Å². The van der Waals surface area contributed by atoms with E-state index in [0.29, 0.717) is 12.4 Å². The van der Waals surface area contributed by atoms with E-state index in [2.05, 4.69) is 5.32 Å². The van der Waals surface area contributed by atoms with Crippen LogP contribution in [0.2, 0.25) is 0 Å². The first-order chi connectivity index (χ1) is 13.2. The van der Waals surface area contributed by atoms with E-state index < -0.39 is 0 Å². The summed E-state index contributed by atoms with van der Waals surface area (Å²) >= 11 is 0. The molecule has 0 saturated heterocycles. The summed E-state index contributed by atoms with van der Waals surface area (Å²) in [6, 6.07) is 20.9. The lowest BCUT2D eigenvalue weighted by molar-refractivity contribution is -0.123. The zero-order valence-electron chi connectivity index (χ0n) is 15.5. The molecule has 0 fully saturated rings. The Hall–Kier alpha value is -3.21. The summed E-state index contributed by atoms with van der Waals surface area (Å²) in [6.45, 7) is 2.21. The second kappa shape index (κ2) is 8.94. The van der Waals surface area contributed by atoms with Gasteiger partial charge in [-0.1, -0.05) is 36.4 Å². The van der Waals surface area contributed by atoms with E-state index in [1.807, 2.05) is 73.7 Å². The van der Waals surface area contributed by atoms with Gasteiger partial charge in [0.25, 0.3) is 5.91 Å². The van der Waals surface area contributed by atoms with E-state index in [1.54, 1.807) is 7.11 Å². The minimum absolute atomic E-state index is 0.0408. The van der Waals surface area contributed by atoms with Gasteiger partial charge in [-0.2, -0.15) is 0 Å². The van der Waals surface area contributed by atoms with Gasteiger partial charge in [-0.05, 0) is 42.6 Å². The maximum Gasteiger partial charge on any atom is 0.258 e. The highest BCUT2D eigenvalue weighted by Crippen LogP contribution is 2.25. The minimum atomic E-state index is -0.186. The smallest absolute Gasteiger partial charge is 0.258 e. The summed E-state index contributed by atoms with van der Waals surface area (Å²) in [6.07, 6.45) is 0. The van der Waals surface area contributed by atoms with Crippen LogP contribution in [0.5, 0.6) is 17.2 Å². The summed E-state index contributed by atoms with van der Waals surface area (Å²) in [7, 11) is 1.62. The first-order valence-electron chi connectivity index (χ1n) is 8.82. The molecule has 1 unspecified atom stereocenters. The molecule has 0 aliphatic heterocycles. The molecular formula is C22H23NO4. The van der Waals surface area contributed by atoms with Gasteiger partial charge in [0.1, 0.15) is 23.9 Å². The van der Waals surface area contributed by atoms with E-state index >= 15 is 0 Å². The Morgan fingerprint density at radius 3 is 2.41 bits per heavy atom. The lowest BCUT2D eigenvalue weighted by Gasteiger charge is -2.16. The number of ether oxygens (including phenoxy) is 3. The molecule has 0 spiro atoms. The van der Waals surface area contributed by atoms with Crippen LogP contribution < -0.4 is 19.5 Å². The highest BCUT2D eigenvalue weighted by Gasteiger charge is 2.10. The fourth-order valence-corrected chi connectivity index (χ4v) is 2.72. The summed E-state index contributed by atoms with van der Waals surface area (Å²) < 4.78 is 16.5. The molecule has 0 aliphatic rings. The number of hydrogen-bond acceptors (Lipinski definition) is 4. The van der Waals surface area contributed by atoms with Gasteiger partial charge in [0.2, 0.25) is 0 Å². The number of hydrogen-bond donors (Lipinski definition) is 1. The molecule has 0 heterocycles. The highest BCUT2D eigenvalue weighted by atomic mass is 16.5. The van der Waals surface area contributed by atoms with E-state index in [1.165, 1.54) is 0 Å². The summed E-state index contributed by atoms with van der Waals surface area (Å²) in [5.41, 5.74) is 0. The number of amides is 1. The number of rotatable bonds is 8. The van der Waals surface area contributed by atoms with Gasteiger partial charge in [-0.3, -0.25) is 4.79 Å². The molecule has 5 heteroatoms. The number of methoxy groups -OCH3 is 1. The number of benzene rings is 3. The number of carbonyl (C=O) groups excluding carboxylic acids is 1. The van der Waals surface area contributed by atoms with Gasteiger partial charge >= 0.3 is 0 Å². The Morgan fingerprint density at radius 1 is 0.926 bits per heavy atom. The Bertz CT molecular complexity index is 887. The SMILES string of the molecule is COc1ccc(OCC(C)NC(=O)COc2cccc3ccccc23)cc1. The standard InChI is InChI=1S/C22H23NO4/c1-16(14-26-19-12-10-18(25-2)11-13-19)23-22(24)15-27-21-9-5-7-17-6-3-4-8-20(17)21/h3-13,16H,14-15H2,1-2H3,(H,23,24). The first kappa shape index (κ1) is 18.6. The van der Waals surface area contributed by atoms with Crippen molar-refractivity contribution in [2.45, 2.75) is 13.0 Å². The van der Waals surface area contributed by atoms with Crippen LogP contribution in [0.1, 0.15) is 6.92 Å². The van der Waals surface area contributed by atoms with Gasteiger partial charge in [0, 0.05) is 5.39 Å². The van der Waals surface area contributed by atoms with E-state index in [9.17, 15) is 4.79 Å². The monoisotopic (exact) mass is 365 g/mol. The molecule has 5 nitrogen and oxygen atoms in total. The zero-order chi connectivity index (χ0) is 19.1. The zero-order valence-corrected chi connectivity index (χ0v) is 15.5. The molecule has 1 N–H and O–H groups in total. The van der Waals surface area contributed by atoms with Crippen LogP contribution in [-0.2, 0) is 4.79 Å². The fourth-order valence-electron chi connectivity index (χ4n) is 2.72. The molecule has 140 valence electrons. The van der Waals surface area contributed by atoms with Crippen molar-refractivity contribution in [3.8, 4) is 17.2 Å². The Kier molecular flexibility index (Phi) is 6.15.